The second kappa shape index (κ2) is 5.51. The summed E-state index contributed by atoms with van der Waals surface area (Å²) in [4.78, 5) is 16.2. The molecule has 0 aromatic carbocycles. The summed E-state index contributed by atoms with van der Waals surface area (Å²) < 4.78 is 2.13. The van der Waals surface area contributed by atoms with E-state index in [9.17, 15) is 4.79 Å². The van der Waals surface area contributed by atoms with Gasteiger partial charge in [0.25, 0.3) is 0 Å². The van der Waals surface area contributed by atoms with Gasteiger partial charge in [-0.05, 0) is 80.5 Å². The molecule has 4 bridgehead atoms. The predicted molar refractivity (Wildman–Crippen MR) is 96.3 cm³/mol. The average Bonchev–Trinajstić information content (AvgIpc) is 2.78. The standard InChI is InChI=1S/C21H32N2O/c1-12(2)20-19(22-21(24)23(20)11-13-4-3-5-13)18-16-7-14-6-15(9-16)10-17(18)8-14/h12-18H,3-11H2,1-2H3,(H,22,24). The Labute approximate surface area is 145 Å². The Morgan fingerprint density at radius 2 is 1.67 bits per heavy atom. The van der Waals surface area contributed by atoms with E-state index in [1.165, 1.54) is 62.8 Å². The lowest BCUT2D eigenvalue weighted by atomic mass is 9.51. The van der Waals surface area contributed by atoms with Crippen molar-refractivity contribution in [3.63, 3.8) is 0 Å². The van der Waals surface area contributed by atoms with Gasteiger partial charge >= 0.3 is 5.69 Å². The fourth-order valence-electron chi connectivity index (χ4n) is 6.89. The maximum absolute atomic E-state index is 12.8. The summed E-state index contributed by atoms with van der Waals surface area (Å²) in [5, 5.41) is 0. The Balaban J connectivity index is 1.53. The number of rotatable bonds is 4. The molecule has 0 atom stereocenters. The summed E-state index contributed by atoms with van der Waals surface area (Å²) >= 11 is 0. The fourth-order valence-corrected chi connectivity index (χ4v) is 6.89. The van der Waals surface area contributed by atoms with Crippen LogP contribution in [0.2, 0.25) is 0 Å². The van der Waals surface area contributed by atoms with E-state index in [4.69, 9.17) is 0 Å². The van der Waals surface area contributed by atoms with Gasteiger partial charge in [-0.15, -0.1) is 0 Å². The Morgan fingerprint density at radius 3 is 2.17 bits per heavy atom. The maximum Gasteiger partial charge on any atom is 0.325 e. The summed E-state index contributed by atoms with van der Waals surface area (Å²) in [5.41, 5.74) is 2.88. The fraction of sp³-hybridized carbons (Fsp3) is 0.857. The van der Waals surface area contributed by atoms with Crippen LogP contribution in [0.3, 0.4) is 0 Å². The zero-order chi connectivity index (χ0) is 16.4. The molecule has 5 saturated carbocycles. The van der Waals surface area contributed by atoms with E-state index in [1.807, 2.05) is 0 Å². The molecule has 132 valence electrons. The van der Waals surface area contributed by atoms with Crippen molar-refractivity contribution in [2.24, 2.45) is 29.6 Å². The van der Waals surface area contributed by atoms with Crippen molar-refractivity contribution in [3.05, 3.63) is 21.9 Å². The molecular weight excluding hydrogens is 296 g/mol. The van der Waals surface area contributed by atoms with Gasteiger partial charge in [0.2, 0.25) is 0 Å². The number of aromatic amines is 1. The molecule has 5 fully saturated rings. The molecule has 0 spiro atoms. The Kier molecular flexibility index (Phi) is 3.50. The van der Waals surface area contributed by atoms with Crippen LogP contribution in [0.1, 0.15) is 88.4 Å². The molecule has 5 aliphatic rings. The van der Waals surface area contributed by atoms with Crippen molar-refractivity contribution in [2.45, 2.75) is 83.6 Å². The molecule has 24 heavy (non-hydrogen) atoms. The van der Waals surface area contributed by atoms with Gasteiger partial charge in [-0.3, -0.25) is 4.57 Å². The summed E-state index contributed by atoms with van der Waals surface area (Å²) in [6.07, 6.45) is 11.1. The zero-order valence-electron chi connectivity index (χ0n) is 15.3. The third kappa shape index (κ3) is 2.26. The van der Waals surface area contributed by atoms with Gasteiger partial charge in [-0.25, -0.2) is 4.79 Å². The van der Waals surface area contributed by atoms with Crippen LogP contribution in [0.4, 0.5) is 0 Å². The molecule has 1 N–H and O–H groups in total. The van der Waals surface area contributed by atoms with E-state index < -0.39 is 0 Å². The van der Waals surface area contributed by atoms with Gasteiger partial charge in [0.15, 0.2) is 0 Å². The second-order valence-electron chi connectivity index (χ2n) is 9.75. The van der Waals surface area contributed by atoms with Gasteiger partial charge in [0, 0.05) is 23.9 Å². The molecule has 0 saturated heterocycles. The number of nitrogens with one attached hydrogen (secondary N) is 1. The van der Waals surface area contributed by atoms with Crippen molar-refractivity contribution in [3.8, 4) is 0 Å². The van der Waals surface area contributed by atoms with Crippen molar-refractivity contribution in [1.29, 1.82) is 0 Å². The number of H-pyrrole nitrogens is 1. The number of hydrogen-bond acceptors (Lipinski definition) is 1. The third-order valence-corrected chi connectivity index (χ3v) is 7.83. The molecule has 0 amide bonds. The first-order valence-corrected chi connectivity index (χ1v) is 10.4. The Bertz CT molecular complexity index is 651. The number of aromatic nitrogens is 2. The number of hydrogen-bond donors (Lipinski definition) is 1. The minimum Gasteiger partial charge on any atom is -0.309 e. The van der Waals surface area contributed by atoms with E-state index in [-0.39, 0.29) is 5.69 Å². The lowest BCUT2D eigenvalue weighted by Crippen LogP contribution is -2.44. The average molecular weight is 329 g/mol. The summed E-state index contributed by atoms with van der Waals surface area (Å²) in [5.74, 6) is 5.50. The van der Waals surface area contributed by atoms with Crippen LogP contribution >= 0.6 is 0 Å². The van der Waals surface area contributed by atoms with Crippen molar-refractivity contribution in [1.82, 2.24) is 9.55 Å². The van der Waals surface area contributed by atoms with Crippen molar-refractivity contribution < 1.29 is 0 Å². The molecule has 3 nitrogen and oxygen atoms in total. The highest BCUT2D eigenvalue weighted by Gasteiger charge is 2.50. The van der Waals surface area contributed by atoms with Crippen LogP contribution in [-0.4, -0.2) is 9.55 Å². The highest BCUT2D eigenvalue weighted by atomic mass is 16.1. The molecule has 1 aromatic rings. The normalized spacial score (nSPS) is 38.0. The van der Waals surface area contributed by atoms with Gasteiger partial charge in [0.05, 0.1) is 0 Å². The largest absolute Gasteiger partial charge is 0.325 e. The third-order valence-electron chi connectivity index (χ3n) is 7.83. The van der Waals surface area contributed by atoms with E-state index >= 15 is 0 Å². The molecule has 3 heteroatoms. The molecule has 1 heterocycles. The lowest BCUT2D eigenvalue weighted by molar-refractivity contribution is -0.00448. The van der Waals surface area contributed by atoms with E-state index in [2.05, 4.69) is 23.4 Å². The van der Waals surface area contributed by atoms with Crippen molar-refractivity contribution >= 4 is 0 Å². The van der Waals surface area contributed by atoms with E-state index in [1.54, 1.807) is 0 Å². The topological polar surface area (TPSA) is 37.8 Å². The minimum absolute atomic E-state index is 0.175. The molecule has 1 aromatic heterocycles. The molecular formula is C21H32N2O. The SMILES string of the molecule is CC(C)c1c(C2C3CC4CC(C3)CC2C4)[nH]c(=O)n1CC1CCC1. The van der Waals surface area contributed by atoms with E-state index in [0.29, 0.717) is 11.8 Å². The quantitative estimate of drug-likeness (QED) is 0.859. The Hall–Kier alpha value is -0.990. The maximum atomic E-state index is 12.8. The highest BCUT2D eigenvalue weighted by molar-refractivity contribution is 5.26. The minimum atomic E-state index is 0.175. The summed E-state index contributed by atoms with van der Waals surface area (Å²) in [7, 11) is 0. The van der Waals surface area contributed by atoms with Crippen LogP contribution in [0.5, 0.6) is 0 Å². The second-order valence-corrected chi connectivity index (χ2v) is 9.75. The van der Waals surface area contributed by atoms with Crippen LogP contribution in [0.15, 0.2) is 4.79 Å². The van der Waals surface area contributed by atoms with Gasteiger partial charge in [-0.1, -0.05) is 20.3 Å². The molecule has 5 aliphatic carbocycles. The van der Waals surface area contributed by atoms with Crippen LogP contribution < -0.4 is 5.69 Å². The predicted octanol–water partition coefficient (Wildman–Crippen LogP) is 4.64. The van der Waals surface area contributed by atoms with E-state index in [0.717, 1.165) is 36.1 Å². The Morgan fingerprint density at radius 1 is 1.04 bits per heavy atom. The first-order valence-electron chi connectivity index (χ1n) is 10.4. The monoisotopic (exact) mass is 328 g/mol. The molecule has 0 unspecified atom stereocenters. The smallest absolute Gasteiger partial charge is 0.309 e. The molecule has 0 aliphatic heterocycles. The first kappa shape index (κ1) is 15.3. The highest BCUT2D eigenvalue weighted by Crippen LogP contribution is 2.60. The number of imidazole rings is 1. The first-order chi connectivity index (χ1) is 11.6. The van der Waals surface area contributed by atoms with Gasteiger partial charge in [0.1, 0.15) is 0 Å². The van der Waals surface area contributed by atoms with Crippen LogP contribution in [-0.2, 0) is 6.54 Å². The van der Waals surface area contributed by atoms with Crippen LogP contribution in [0.25, 0.3) is 0 Å². The van der Waals surface area contributed by atoms with Gasteiger partial charge in [-0.2, -0.15) is 0 Å². The lowest BCUT2D eigenvalue weighted by Gasteiger charge is -2.54. The summed E-state index contributed by atoms with van der Waals surface area (Å²) in [6.45, 7) is 5.51. The van der Waals surface area contributed by atoms with Crippen LogP contribution in [0, 0.1) is 29.6 Å². The molecule has 6 rings (SSSR count). The summed E-state index contributed by atoms with van der Waals surface area (Å²) in [6, 6.07) is 0. The van der Waals surface area contributed by atoms with Gasteiger partial charge < -0.3 is 4.98 Å². The number of nitrogens with zero attached hydrogens (tertiary/aromatic N) is 1. The molecule has 0 radical (unpaired) electrons. The van der Waals surface area contributed by atoms with Crippen molar-refractivity contribution in [2.75, 3.05) is 0 Å². The zero-order valence-corrected chi connectivity index (χ0v) is 15.3.